The van der Waals surface area contributed by atoms with Gasteiger partial charge >= 0.3 is 5.97 Å². The van der Waals surface area contributed by atoms with Crippen molar-refractivity contribution in [1.82, 2.24) is 0 Å². The minimum absolute atomic E-state index is 0.351. The van der Waals surface area contributed by atoms with Crippen molar-refractivity contribution in [2.45, 2.75) is 13.3 Å². The molecule has 0 saturated heterocycles. The number of hydrogen-bond donors (Lipinski definition) is 2. The van der Waals surface area contributed by atoms with Gasteiger partial charge in [-0.2, -0.15) is 0 Å². The van der Waals surface area contributed by atoms with Crippen LogP contribution in [0.25, 0.3) is 0 Å². The Morgan fingerprint density at radius 3 is 3.06 bits per heavy atom. The lowest BCUT2D eigenvalue weighted by atomic mass is 10.1. The van der Waals surface area contributed by atoms with E-state index in [1.165, 1.54) is 0 Å². The molecule has 0 aromatic heterocycles. The van der Waals surface area contributed by atoms with Gasteiger partial charge in [-0.05, 0) is 24.6 Å². The summed E-state index contributed by atoms with van der Waals surface area (Å²) in [4.78, 5) is 13.1. The molecule has 2 N–H and O–H groups in total. The van der Waals surface area contributed by atoms with Crippen LogP contribution in [0.3, 0.4) is 0 Å². The molecule has 0 unspecified atom stereocenters. The Kier molecular flexibility index (Phi) is 2.99. The fraction of sp³-hybridized carbons (Fsp3) is 0.417. The summed E-state index contributed by atoms with van der Waals surface area (Å²) in [6.07, 6.45) is 1.07. The molecular formula is C12H16N2O2. The number of fused-ring (bicyclic) bond motifs is 1. The molecule has 16 heavy (non-hydrogen) atoms. The molecule has 1 aliphatic heterocycles. The number of anilines is 2. The van der Waals surface area contributed by atoms with Crippen molar-refractivity contribution in [2.75, 3.05) is 29.9 Å². The standard InChI is InChI=1S/C12H16N2O2/c1-2-6-14-7-5-13-10-4-3-9(12(15)16)8-11(10)14/h3-4,8,13H,2,5-7H2,1H3,(H,15,16). The monoisotopic (exact) mass is 220 g/mol. The van der Waals surface area contributed by atoms with E-state index in [1.54, 1.807) is 12.1 Å². The number of aromatic carboxylic acids is 1. The molecule has 2 rings (SSSR count). The third-order valence-electron chi connectivity index (χ3n) is 2.78. The predicted octanol–water partition coefficient (Wildman–Crippen LogP) is 2.03. The van der Waals surface area contributed by atoms with Crippen molar-refractivity contribution in [3.05, 3.63) is 23.8 Å². The summed E-state index contributed by atoms with van der Waals surface area (Å²) in [5.41, 5.74) is 2.39. The summed E-state index contributed by atoms with van der Waals surface area (Å²) in [7, 11) is 0. The zero-order chi connectivity index (χ0) is 11.5. The van der Waals surface area contributed by atoms with Crippen molar-refractivity contribution < 1.29 is 9.90 Å². The van der Waals surface area contributed by atoms with Crippen LogP contribution in [-0.2, 0) is 0 Å². The van der Waals surface area contributed by atoms with Crippen LogP contribution in [0.1, 0.15) is 23.7 Å². The third kappa shape index (κ3) is 1.96. The number of carboxylic acid groups (broad SMARTS) is 1. The Morgan fingerprint density at radius 2 is 2.38 bits per heavy atom. The largest absolute Gasteiger partial charge is 0.478 e. The molecule has 0 saturated carbocycles. The number of nitrogens with one attached hydrogen (secondary N) is 1. The smallest absolute Gasteiger partial charge is 0.335 e. The molecule has 86 valence electrons. The number of benzene rings is 1. The quantitative estimate of drug-likeness (QED) is 0.818. The van der Waals surface area contributed by atoms with Gasteiger partial charge in [0, 0.05) is 19.6 Å². The number of rotatable bonds is 3. The second kappa shape index (κ2) is 4.43. The summed E-state index contributed by atoms with van der Waals surface area (Å²) in [6.45, 7) is 4.95. The number of carboxylic acids is 1. The van der Waals surface area contributed by atoms with Gasteiger partial charge in [0.25, 0.3) is 0 Å². The van der Waals surface area contributed by atoms with Crippen LogP contribution < -0.4 is 10.2 Å². The molecule has 1 aliphatic rings. The first kappa shape index (κ1) is 10.8. The summed E-state index contributed by atoms with van der Waals surface area (Å²) >= 11 is 0. The zero-order valence-electron chi connectivity index (χ0n) is 9.36. The highest BCUT2D eigenvalue weighted by Crippen LogP contribution is 2.30. The van der Waals surface area contributed by atoms with E-state index in [2.05, 4.69) is 17.1 Å². The lowest BCUT2D eigenvalue weighted by molar-refractivity contribution is 0.0697. The van der Waals surface area contributed by atoms with Crippen molar-refractivity contribution in [2.24, 2.45) is 0 Å². The van der Waals surface area contributed by atoms with Crippen LogP contribution in [0.15, 0.2) is 18.2 Å². The van der Waals surface area contributed by atoms with Gasteiger partial charge in [0.2, 0.25) is 0 Å². The molecule has 0 radical (unpaired) electrons. The van der Waals surface area contributed by atoms with E-state index in [9.17, 15) is 4.79 Å². The molecule has 0 bridgehead atoms. The molecule has 0 atom stereocenters. The van der Waals surface area contributed by atoms with Gasteiger partial charge in [-0.1, -0.05) is 6.92 Å². The predicted molar refractivity (Wildman–Crippen MR) is 64.4 cm³/mol. The lowest BCUT2D eigenvalue weighted by Crippen LogP contribution is -2.34. The van der Waals surface area contributed by atoms with Gasteiger partial charge in [-0.15, -0.1) is 0 Å². The molecule has 4 nitrogen and oxygen atoms in total. The first-order chi connectivity index (χ1) is 7.72. The topological polar surface area (TPSA) is 52.6 Å². The Hall–Kier alpha value is -1.71. The summed E-state index contributed by atoms with van der Waals surface area (Å²) in [6, 6.07) is 5.24. The molecule has 1 heterocycles. The normalized spacial score (nSPS) is 14.2. The van der Waals surface area contributed by atoms with Crippen molar-refractivity contribution in [1.29, 1.82) is 0 Å². The van der Waals surface area contributed by atoms with Gasteiger partial charge in [-0.25, -0.2) is 4.79 Å². The first-order valence-corrected chi connectivity index (χ1v) is 5.58. The summed E-state index contributed by atoms with van der Waals surface area (Å²) in [5, 5.41) is 12.2. The van der Waals surface area contributed by atoms with Crippen LogP contribution in [0.5, 0.6) is 0 Å². The fourth-order valence-corrected chi connectivity index (χ4v) is 2.02. The van der Waals surface area contributed by atoms with Gasteiger partial charge in [-0.3, -0.25) is 0 Å². The van der Waals surface area contributed by atoms with E-state index in [4.69, 9.17) is 5.11 Å². The van der Waals surface area contributed by atoms with Gasteiger partial charge in [0.1, 0.15) is 0 Å². The Labute approximate surface area is 94.9 Å². The third-order valence-corrected chi connectivity index (χ3v) is 2.78. The van der Waals surface area contributed by atoms with E-state index in [0.29, 0.717) is 5.56 Å². The number of nitrogens with zero attached hydrogens (tertiary/aromatic N) is 1. The minimum Gasteiger partial charge on any atom is -0.478 e. The van der Waals surface area contributed by atoms with Gasteiger partial charge in [0.15, 0.2) is 0 Å². The second-order valence-electron chi connectivity index (χ2n) is 3.95. The zero-order valence-corrected chi connectivity index (χ0v) is 9.36. The minimum atomic E-state index is -0.871. The summed E-state index contributed by atoms with van der Waals surface area (Å²) in [5.74, 6) is -0.871. The highest BCUT2D eigenvalue weighted by Gasteiger charge is 2.17. The Bertz CT molecular complexity index is 404. The first-order valence-electron chi connectivity index (χ1n) is 5.58. The van der Waals surface area contributed by atoms with E-state index < -0.39 is 5.97 Å². The highest BCUT2D eigenvalue weighted by molar-refractivity contribution is 5.91. The van der Waals surface area contributed by atoms with Crippen LogP contribution in [-0.4, -0.2) is 30.7 Å². The van der Waals surface area contributed by atoms with E-state index in [1.807, 2.05) is 6.07 Å². The molecule has 1 aromatic rings. The van der Waals surface area contributed by atoms with Crippen molar-refractivity contribution in [3.8, 4) is 0 Å². The van der Waals surface area contributed by atoms with Crippen molar-refractivity contribution in [3.63, 3.8) is 0 Å². The molecule has 0 amide bonds. The average Bonchev–Trinajstić information content (AvgIpc) is 2.29. The Morgan fingerprint density at radius 1 is 1.56 bits per heavy atom. The number of carbonyl (C=O) groups is 1. The molecule has 0 aliphatic carbocycles. The lowest BCUT2D eigenvalue weighted by Gasteiger charge is -2.32. The van der Waals surface area contributed by atoms with Crippen LogP contribution >= 0.6 is 0 Å². The van der Waals surface area contributed by atoms with Crippen molar-refractivity contribution >= 4 is 17.3 Å². The number of hydrogen-bond acceptors (Lipinski definition) is 3. The maximum absolute atomic E-state index is 10.9. The van der Waals surface area contributed by atoms with Crippen LogP contribution in [0.2, 0.25) is 0 Å². The fourth-order valence-electron chi connectivity index (χ4n) is 2.02. The van der Waals surface area contributed by atoms with Gasteiger partial charge in [0.05, 0.1) is 16.9 Å². The SMILES string of the molecule is CCCN1CCNc2ccc(C(=O)O)cc21. The van der Waals surface area contributed by atoms with Crippen LogP contribution in [0, 0.1) is 0 Å². The van der Waals surface area contributed by atoms with E-state index in [-0.39, 0.29) is 0 Å². The Balaban J connectivity index is 2.36. The molecular weight excluding hydrogens is 204 g/mol. The van der Waals surface area contributed by atoms with E-state index >= 15 is 0 Å². The maximum atomic E-state index is 10.9. The van der Waals surface area contributed by atoms with E-state index in [0.717, 1.165) is 37.4 Å². The molecule has 1 aromatic carbocycles. The highest BCUT2D eigenvalue weighted by atomic mass is 16.4. The molecule has 4 heteroatoms. The second-order valence-corrected chi connectivity index (χ2v) is 3.95. The average molecular weight is 220 g/mol. The maximum Gasteiger partial charge on any atom is 0.335 e. The van der Waals surface area contributed by atoms with Gasteiger partial charge < -0.3 is 15.3 Å². The summed E-state index contributed by atoms with van der Waals surface area (Å²) < 4.78 is 0. The molecule has 0 fully saturated rings. The van der Waals surface area contributed by atoms with Crippen LogP contribution in [0.4, 0.5) is 11.4 Å². The molecule has 0 spiro atoms.